The van der Waals surface area contributed by atoms with Gasteiger partial charge in [0.15, 0.2) is 0 Å². The number of halogens is 1. The van der Waals surface area contributed by atoms with Gasteiger partial charge in [-0.05, 0) is 56.1 Å². The van der Waals surface area contributed by atoms with E-state index in [4.69, 9.17) is 0 Å². The summed E-state index contributed by atoms with van der Waals surface area (Å²) >= 11 is 0. The Morgan fingerprint density at radius 1 is 1.04 bits per heavy atom. The minimum absolute atomic E-state index is 0.0383. The lowest BCUT2D eigenvalue weighted by molar-refractivity contribution is 0.246. The molecule has 0 aliphatic carbocycles. The first-order valence-corrected chi connectivity index (χ1v) is 10.6. The zero-order valence-electron chi connectivity index (χ0n) is 15.0. The molecule has 0 saturated carbocycles. The van der Waals surface area contributed by atoms with Crippen LogP contribution in [0.3, 0.4) is 0 Å². The predicted molar refractivity (Wildman–Crippen MR) is 102 cm³/mol. The lowest BCUT2D eigenvalue weighted by atomic mass is 10.1. The molecular formula is C20H25FN2O2S. The summed E-state index contributed by atoms with van der Waals surface area (Å²) in [4.78, 5) is 2.27. The second-order valence-corrected chi connectivity index (χ2v) is 8.71. The number of benzene rings is 2. The van der Waals surface area contributed by atoms with Gasteiger partial charge in [-0.3, -0.25) is 4.90 Å². The second kappa shape index (κ2) is 8.29. The van der Waals surface area contributed by atoms with E-state index in [9.17, 15) is 12.8 Å². The Hall–Kier alpha value is -1.76. The number of hydrogen-bond acceptors (Lipinski definition) is 3. The van der Waals surface area contributed by atoms with Crippen LogP contribution in [0.5, 0.6) is 0 Å². The summed E-state index contributed by atoms with van der Waals surface area (Å²) in [6, 6.07) is 13.8. The van der Waals surface area contributed by atoms with Crippen LogP contribution in [0.1, 0.15) is 35.6 Å². The molecule has 0 bridgehead atoms. The van der Waals surface area contributed by atoms with Crippen molar-refractivity contribution >= 4 is 10.0 Å². The SMILES string of the molecule is Cc1ccc(CS(=O)(=O)NCC(c2ccc(F)cc2)N2CCCC2)cc1. The molecule has 1 fully saturated rings. The van der Waals surface area contributed by atoms with E-state index in [0.717, 1.165) is 42.6 Å². The Labute approximate surface area is 155 Å². The highest BCUT2D eigenvalue weighted by atomic mass is 32.2. The Morgan fingerprint density at radius 3 is 2.27 bits per heavy atom. The van der Waals surface area contributed by atoms with E-state index in [1.807, 2.05) is 31.2 Å². The Kier molecular flexibility index (Phi) is 6.06. The molecule has 1 N–H and O–H groups in total. The first-order valence-electron chi connectivity index (χ1n) is 8.95. The Balaban J connectivity index is 1.70. The minimum atomic E-state index is -3.44. The summed E-state index contributed by atoms with van der Waals surface area (Å²) in [7, 11) is -3.44. The molecule has 140 valence electrons. The maximum Gasteiger partial charge on any atom is 0.215 e. The van der Waals surface area contributed by atoms with Crippen LogP contribution < -0.4 is 4.72 Å². The number of sulfonamides is 1. The van der Waals surface area contributed by atoms with Crippen molar-refractivity contribution in [1.82, 2.24) is 9.62 Å². The van der Waals surface area contributed by atoms with Crippen LogP contribution in [0.2, 0.25) is 0 Å². The first kappa shape index (κ1) is 19.0. The largest absolute Gasteiger partial charge is 0.295 e. The Morgan fingerprint density at radius 2 is 1.65 bits per heavy atom. The normalized spacial score (nSPS) is 16.7. The number of nitrogens with zero attached hydrogens (tertiary/aromatic N) is 1. The van der Waals surface area contributed by atoms with E-state index < -0.39 is 10.0 Å². The smallest absolute Gasteiger partial charge is 0.215 e. The number of aryl methyl sites for hydroxylation is 1. The molecule has 1 saturated heterocycles. The molecule has 0 amide bonds. The molecule has 4 nitrogen and oxygen atoms in total. The molecule has 1 aliphatic rings. The quantitative estimate of drug-likeness (QED) is 0.806. The van der Waals surface area contributed by atoms with E-state index in [1.165, 1.54) is 12.1 Å². The fourth-order valence-electron chi connectivity index (χ4n) is 3.36. The summed E-state index contributed by atoms with van der Waals surface area (Å²) in [6.07, 6.45) is 2.21. The number of nitrogens with one attached hydrogen (secondary N) is 1. The summed E-state index contributed by atoms with van der Waals surface area (Å²) in [5.41, 5.74) is 2.80. The van der Waals surface area contributed by atoms with Gasteiger partial charge in [-0.2, -0.15) is 0 Å². The zero-order valence-corrected chi connectivity index (χ0v) is 15.8. The third kappa shape index (κ3) is 5.13. The highest BCUT2D eigenvalue weighted by molar-refractivity contribution is 7.88. The van der Waals surface area contributed by atoms with Gasteiger partial charge in [0.25, 0.3) is 0 Å². The average molecular weight is 376 g/mol. The van der Waals surface area contributed by atoms with Gasteiger partial charge in [0.1, 0.15) is 5.82 Å². The van der Waals surface area contributed by atoms with Crippen LogP contribution >= 0.6 is 0 Å². The van der Waals surface area contributed by atoms with E-state index in [-0.39, 0.29) is 17.6 Å². The standard InChI is InChI=1S/C20H25FN2O2S/c1-16-4-6-17(7-5-16)15-26(24,25)22-14-20(23-12-2-3-13-23)18-8-10-19(21)11-9-18/h4-11,20,22H,2-3,12-15H2,1H3. The summed E-state index contributed by atoms with van der Waals surface area (Å²) in [5, 5.41) is 0. The van der Waals surface area contributed by atoms with Gasteiger partial charge in [0, 0.05) is 12.6 Å². The fraction of sp³-hybridized carbons (Fsp3) is 0.400. The molecule has 0 aromatic heterocycles. The molecule has 1 aliphatic heterocycles. The third-order valence-electron chi connectivity index (χ3n) is 4.81. The maximum absolute atomic E-state index is 13.2. The number of rotatable bonds is 7. The Bertz CT molecular complexity index is 814. The summed E-state index contributed by atoms with van der Waals surface area (Å²) in [5.74, 6) is -0.322. The van der Waals surface area contributed by atoms with Crippen LogP contribution in [-0.4, -0.2) is 33.0 Å². The van der Waals surface area contributed by atoms with E-state index in [2.05, 4.69) is 9.62 Å². The molecule has 1 heterocycles. The van der Waals surface area contributed by atoms with Crippen LogP contribution in [0.15, 0.2) is 48.5 Å². The first-order chi connectivity index (χ1) is 12.4. The van der Waals surface area contributed by atoms with Crippen LogP contribution in [0.4, 0.5) is 4.39 Å². The number of likely N-dealkylation sites (tertiary alicyclic amines) is 1. The van der Waals surface area contributed by atoms with Gasteiger partial charge in [-0.1, -0.05) is 42.0 Å². The topological polar surface area (TPSA) is 49.4 Å². The van der Waals surface area contributed by atoms with Gasteiger partial charge < -0.3 is 0 Å². The van der Waals surface area contributed by atoms with Crippen molar-refractivity contribution in [3.8, 4) is 0 Å². The minimum Gasteiger partial charge on any atom is -0.295 e. The molecule has 2 aromatic rings. The van der Waals surface area contributed by atoms with Gasteiger partial charge in [0.05, 0.1) is 5.75 Å². The van der Waals surface area contributed by atoms with Gasteiger partial charge in [-0.15, -0.1) is 0 Å². The average Bonchev–Trinajstić information content (AvgIpc) is 3.13. The van der Waals surface area contributed by atoms with Crippen LogP contribution in [0.25, 0.3) is 0 Å². The molecule has 0 spiro atoms. The van der Waals surface area contributed by atoms with Crippen molar-refractivity contribution < 1.29 is 12.8 Å². The number of hydrogen-bond donors (Lipinski definition) is 1. The van der Waals surface area contributed by atoms with Crippen LogP contribution in [-0.2, 0) is 15.8 Å². The third-order valence-corrected chi connectivity index (χ3v) is 6.13. The summed E-state index contributed by atoms with van der Waals surface area (Å²) in [6.45, 7) is 4.13. The van der Waals surface area contributed by atoms with E-state index in [0.29, 0.717) is 6.54 Å². The molecule has 1 atom stereocenters. The van der Waals surface area contributed by atoms with Crippen molar-refractivity contribution in [2.45, 2.75) is 31.6 Å². The highest BCUT2D eigenvalue weighted by Crippen LogP contribution is 2.25. The van der Waals surface area contributed by atoms with Crippen molar-refractivity contribution in [3.63, 3.8) is 0 Å². The van der Waals surface area contributed by atoms with Crippen LogP contribution in [0, 0.1) is 12.7 Å². The lowest BCUT2D eigenvalue weighted by Crippen LogP contribution is -2.37. The molecule has 6 heteroatoms. The van der Waals surface area contributed by atoms with Gasteiger partial charge in [-0.25, -0.2) is 17.5 Å². The molecular weight excluding hydrogens is 351 g/mol. The maximum atomic E-state index is 13.2. The van der Waals surface area contributed by atoms with Crippen molar-refractivity contribution in [1.29, 1.82) is 0 Å². The summed E-state index contributed by atoms with van der Waals surface area (Å²) < 4.78 is 41.0. The monoisotopic (exact) mass is 376 g/mol. The molecule has 0 radical (unpaired) electrons. The van der Waals surface area contributed by atoms with Gasteiger partial charge >= 0.3 is 0 Å². The lowest BCUT2D eigenvalue weighted by Gasteiger charge is -2.28. The van der Waals surface area contributed by atoms with E-state index in [1.54, 1.807) is 12.1 Å². The van der Waals surface area contributed by atoms with Crippen molar-refractivity contribution in [3.05, 3.63) is 71.0 Å². The fourth-order valence-corrected chi connectivity index (χ4v) is 4.50. The zero-order chi connectivity index (χ0) is 18.6. The predicted octanol–water partition coefficient (Wildman–Crippen LogP) is 3.39. The molecule has 3 rings (SSSR count). The molecule has 26 heavy (non-hydrogen) atoms. The van der Waals surface area contributed by atoms with Gasteiger partial charge in [0.2, 0.25) is 10.0 Å². The molecule has 1 unspecified atom stereocenters. The van der Waals surface area contributed by atoms with Crippen molar-refractivity contribution in [2.24, 2.45) is 0 Å². The highest BCUT2D eigenvalue weighted by Gasteiger charge is 2.25. The second-order valence-electron chi connectivity index (χ2n) is 6.90. The van der Waals surface area contributed by atoms with E-state index >= 15 is 0 Å². The van der Waals surface area contributed by atoms with Crippen molar-refractivity contribution in [2.75, 3.05) is 19.6 Å². The molecule has 2 aromatic carbocycles.